The van der Waals surface area contributed by atoms with E-state index in [9.17, 15) is 4.79 Å². The molecular formula is C27H32N4O3. The van der Waals surface area contributed by atoms with Crippen LogP contribution in [0.3, 0.4) is 0 Å². The number of ether oxygens (including phenoxy) is 1. The number of carbonyl (C=O) groups is 1. The zero-order chi connectivity index (χ0) is 23.5. The molecule has 3 aliphatic heterocycles. The molecule has 0 aliphatic carbocycles. The lowest BCUT2D eigenvalue weighted by atomic mass is 9.90. The zero-order valence-corrected chi connectivity index (χ0v) is 19.9. The predicted octanol–water partition coefficient (Wildman–Crippen LogP) is 3.48. The first-order chi connectivity index (χ1) is 16.5. The number of hydrogen-bond donors (Lipinski definition) is 1. The normalized spacial score (nSPS) is 22.8. The maximum atomic E-state index is 11.3. The molecule has 7 nitrogen and oxygen atoms in total. The fourth-order valence-electron chi connectivity index (χ4n) is 4.97. The van der Waals surface area contributed by atoms with Crippen LogP contribution in [-0.4, -0.2) is 73.4 Å². The van der Waals surface area contributed by atoms with Gasteiger partial charge in [0.05, 0.1) is 5.92 Å². The fourth-order valence-corrected chi connectivity index (χ4v) is 4.97. The molecule has 2 unspecified atom stereocenters. The zero-order valence-electron chi connectivity index (χ0n) is 19.9. The van der Waals surface area contributed by atoms with Crippen molar-refractivity contribution in [1.82, 2.24) is 9.80 Å². The molecule has 2 aromatic rings. The highest BCUT2D eigenvalue weighted by Gasteiger charge is 2.40. The van der Waals surface area contributed by atoms with E-state index in [1.807, 2.05) is 18.2 Å². The molecule has 3 aliphatic rings. The van der Waals surface area contributed by atoms with Gasteiger partial charge in [-0.2, -0.15) is 0 Å². The third-order valence-electron chi connectivity index (χ3n) is 6.67. The second-order valence-corrected chi connectivity index (χ2v) is 9.41. The van der Waals surface area contributed by atoms with Gasteiger partial charge in [-0.1, -0.05) is 47.1 Å². The Bertz CT molecular complexity index is 1090. The van der Waals surface area contributed by atoms with E-state index in [-0.39, 0.29) is 17.9 Å². The molecule has 0 saturated carbocycles. The molecule has 0 spiro atoms. The van der Waals surface area contributed by atoms with Gasteiger partial charge in [0.15, 0.2) is 6.10 Å². The Hall–Kier alpha value is -3.16. The van der Waals surface area contributed by atoms with Gasteiger partial charge in [-0.15, -0.1) is 0 Å². The van der Waals surface area contributed by atoms with Crippen LogP contribution in [-0.2, 0) is 9.63 Å². The molecule has 1 amide bonds. The van der Waals surface area contributed by atoms with Gasteiger partial charge in [0, 0.05) is 63.5 Å². The Morgan fingerprint density at radius 3 is 2.62 bits per heavy atom. The fraction of sp³-hybridized carbons (Fsp3) is 0.407. The molecule has 0 bridgehead atoms. The third-order valence-corrected chi connectivity index (χ3v) is 6.67. The van der Waals surface area contributed by atoms with Gasteiger partial charge in [-0.25, -0.2) is 0 Å². The predicted molar refractivity (Wildman–Crippen MR) is 134 cm³/mol. The summed E-state index contributed by atoms with van der Waals surface area (Å²) >= 11 is 0. The number of rotatable bonds is 6. The molecule has 1 N–H and O–H groups in total. The standard InChI is InChI=1S/C27H32N4O3/c1-19(14-21-6-4-3-5-7-21)16-30-10-12-31(13-11-30)17-26-24-18-33-25-15-22(28-20(2)32)8-9-23(25)27(24)29-34-26/h3-9,14-15,24,26H,10-13,16-18H2,1-2H3,(H,28,32)/b19-14+. The van der Waals surface area contributed by atoms with Gasteiger partial charge in [0.25, 0.3) is 0 Å². The van der Waals surface area contributed by atoms with Crippen LogP contribution >= 0.6 is 0 Å². The molecule has 2 atom stereocenters. The topological polar surface area (TPSA) is 66.4 Å². The van der Waals surface area contributed by atoms with E-state index in [0.717, 1.165) is 62.0 Å². The molecule has 0 radical (unpaired) electrons. The number of fused-ring (bicyclic) bond motifs is 3. The Morgan fingerprint density at radius 2 is 1.85 bits per heavy atom. The summed E-state index contributed by atoms with van der Waals surface area (Å²) in [5, 5.41) is 7.24. The number of oxime groups is 1. The highest BCUT2D eigenvalue weighted by molar-refractivity contribution is 6.06. The molecule has 5 rings (SSSR count). The van der Waals surface area contributed by atoms with Crippen LogP contribution in [0.25, 0.3) is 6.08 Å². The number of carbonyl (C=O) groups excluding carboxylic acids is 1. The van der Waals surface area contributed by atoms with Gasteiger partial charge in [-0.05, 0) is 24.6 Å². The minimum absolute atomic E-state index is 0.00411. The monoisotopic (exact) mass is 460 g/mol. The average molecular weight is 461 g/mol. The van der Waals surface area contributed by atoms with Crippen molar-refractivity contribution in [3.8, 4) is 5.75 Å². The van der Waals surface area contributed by atoms with E-state index in [2.05, 4.69) is 63.6 Å². The van der Waals surface area contributed by atoms with Crippen molar-refractivity contribution in [2.24, 2.45) is 11.1 Å². The summed E-state index contributed by atoms with van der Waals surface area (Å²) in [6.07, 6.45) is 2.28. The van der Waals surface area contributed by atoms with Crippen LogP contribution < -0.4 is 10.1 Å². The average Bonchev–Trinajstić information content (AvgIpc) is 3.23. The summed E-state index contributed by atoms with van der Waals surface area (Å²) in [5.74, 6) is 0.781. The van der Waals surface area contributed by atoms with Crippen LogP contribution in [0.1, 0.15) is 25.0 Å². The van der Waals surface area contributed by atoms with Crippen molar-refractivity contribution in [3.63, 3.8) is 0 Å². The number of amides is 1. The molecule has 178 valence electrons. The molecule has 1 saturated heterocycles. The number of anilines is 1. The summed E-state index contributed by atoms with van der Waals surface area (Å²) < 4.78 is 6.04. The van der Waals surface area contributed by atoms with E-state index in [0.29, 0.717) is 6.61 Å². The Morgan fingerprint density at radius 1 is 1.09 bits per heavy atom. The first-order valence-electron chi connectivity index (χ1n) is 12.0. The molecule has 2 aromatic carbocycles. The van der Waals surface area contributed by atoms with Crippen molar-refractivity contribution in [2.45, 2.75) is 20.0 Å². The summed E-state index contributed by atoms with van der Waals surface area (Å²) in [6, 6.07) is 16.2. The molecule has 0 aromatic heterocycles. The van der Waals surface area contributed by atoms with Crippen molar-refractivity contribution >= 4 is 23.4 Å². The quantitative estimate of drug-likeness (QED) is 0.715. The lowest BCUT2D eigenvalue weighted by Gasteiger charge is -2.36. The van der Waals surface area contributed by atoms with Crippen molar-refractivity contribution in [1.29, 1.82) is 0 Å². The summed E-state index contributed by atoms with van der Waals surface area (Å²) in [6.45, 7) is 10.3. The first-order valence-corrected chi connectivity index (χ1v) is 12.0. The number of piperazine rings is 1. The van der Waals surface area contributed by atoms with Crippen LogP contribution in [0.4, 0.5) is 5.69 Å². The number of benzene rings is 2. The Balaban J connectivity index is 1.13. The molecular weight excluding hydrogens is 428 g/mol. The van der Waals surface area contributed by atoms with Gasteiger partial charge in [0.1, 0.15) is 18.1 Å². The lowest BCUT2D eigenvalue weighted by Crippen LogP contribution is -2.50. The van der Waals surface area contributed by atoms with Crippen LogP contribution in [0.5, 0.6) is 5.75 Å². The smallest absolute Gasteiger partial charge is 0.221 e. The SMILES string of the molecule is CC(=O)Nc1ccc2c(c1)OCC1C2=NOC1CN1CCN(C/C(C)=C/c2ccccc2)CC1. The highest BCUT2D eigenvalue weighted by Crippen LogP contribution is 2.35. The van der Waals surface area contributed by atoms with E-state index < -0.39 is 0 Å². The van der Waals surface area contributed by atoms with E-state index >= 15 is 0 Å². The maximum Gasteiger partial charge on any atom is 0.221 e. The number of nitrogens with one attached hydrogen (secondary N) is 1. The van der Waals surface area contributed by atoms with Gasteiger partial charge in [-0.3, -0.25) is 14.6 Å². The first kappa shape index (κ1) is 22.6. The van der Waals surface area contributed by atoms with E-state index in [1.165, 1.54) is 18.1 Å². The van der Waals surface area contributed by atoms with Crippen LogP contribution in [0, 0.1) is 5.92 Å². The largest absolute Gasteiger partial charge is 0.492 e. The highest BCUT2D eigenvalue weighted by atomic mass is 16.6. The van der Waals surface area contributed by atoms with Crippen molar-refractivity contribution < 1.29 is 14.4 Å². The van der Waals surface area contributed by atoms with E-state index in [1.54, 1.807) is 0 Å². The third kappa shape index (κ3) is 5.16. The Kier molecular flexibility index (Phi) is 6.65. The lowest BCUT2D eigenvalue weighted by molar-refractivity contribution is -0.114. The summed E-state index contributed by atoms with van der Waals surface area (Å²) in [5.41, 5.74) is 5.29. The molecule has 1 fully saturated rings. The van der Waals surface area contributed by atoms with Crippen LogP contribution in [0.2, 0.25) is 0 Å². The second kappa shape index (κ2) is 9.99. The second-order valence-electron chi connectivity index (χ2n) is 9.41. The summed E-state index contributed by atoms with van der Waals surface area (Å²) in [7, 11) is 0. The van der Waals surface area contributed by atoms with Crippen LogP contribution in [0.15, 0.2) is 59.3 Å². The van der Waals surface area contributed by atoms with Gasteiger partial charge < -0.3 is 14.9 Å². The number of hydrogen-bond acceptors (Lipinski definition) is 6. The minimum atomic E-state index is -0.0993. The van der Waals surface area contributed by atoms with Crippen molar-refractivity contribution in [3.05, 3.63) is 65.2 Å². The molecule has 7 heteroatoms. The molecule has 34 heavy (non-hydrogen) atoms. The summed E-state index contributed by atoms with van der Waals surface area (Å²) in [4.78, 5) is 22.2. The number of nitrogens with zero attached hydrogens (tertiary/aromatic N) is 3. The van der Waals surface area contributed by atoms with Crippen molar-refractivity contribution in [2.75, 3.05) is 51.2 Å². The Labute approximate surface area is 201 Å². The van der Waals surface area contributed by atoms with E-state index in [4.69, 9.17) is 9.57 Å². The maximum absolute atomic E-state index is 11.3. The van der Waals surface area contributed by atoms with Gasteiger partial charge in [0.2, 0.25) is 5.91 Å². The minimum Gasteiger partial charge on any atom is -0.492 e. The molecule has 3 heterocycles. The van der Waals surface area contributed by atoms with Gasteiger partial charge >= 0.3 is 0 Å².